The van der Waals surface area contributed by atoms with Gasteiger partial charge in [-0.3, -0.25) is 9.69 Å². The molecule has 0 fully saturated rings. The van der Waals surface area contributed by atoms with Crippen molar-refractivity contribution in [2.24, 2.45) is 0 Å². The molecule has 6 heteroatoms. The Labute approximate surface area is 153 Å². The number of rotatable bonds is 7. The number of hydrogen-bond acceptors (Lipinski definition) is 5. The molecule has 3 rings (SSSR count). The highest BCUT2D eigenvalue weighted by molar-refractivity contribution is 5.81. The topological polar surface area (TPSA) is 60.0 Å². The number of likely N-dealkylation sites (N-methyl/N-ethyl adjacent to an activating group) is 1. The van der Waals surface area contributed by atoms with E-state index in [2.05, 4.69) is 5.32 Å². The zero-order valence-electron chi connectivity index (χ0n) is 15.3. The van der Waals surface area contributed by atoms with Gasteiger partial charge in [0, 0.05) is 13.1 Å². The maximum Gasteiger partial charge on any atom is 0.237 e. The van der Waals surface area contributed by atoms with E-state index < -0.39 is 0 Å². The van der Waals surface area contributed by atoms with Crippen LogP contribution >= 0.6 is 0 Å². The van der Waals surface area contributed by atoms with Crippen LogP contribution in [0.4, 0.5) is 0 Å². The maximum absolute atomic E-state index is 12.5. The van der Waals surface area contributed by atoms with Crippen LogP contribution in [0.15, 0.2) is 42.5 Å². The van der Waals surface area contributed by atoms with Gasteiger partial charge >= 0.3 is 0 Å². The maximum atomic E-state index is 12.5. The van der Waals surface area contributed by atoms with Gasteiger partial charge in [0.25, 0.3) is 0 Å². The van der Waals surface area contributed by atoms with Gasteiger partial charge in [-0.1, -0.05) is 18.2 Å². The van der Waals surface area contributed by atoms with Crippen molar-refractivity contribution in [2.75, 3.05) is 21.0 Å². The first-order valence-electron chi connectivity index (χ1n) is 8.56. The van der Waals surface area contributed by atoms with Crippen molar-refractivity contribution < 1.29 is 19.0 Å². The van der Waals surface area contributed by atoms with Crippen molar-refractivity contribution >= 4 is 5.91 Å². The van der Waals surface area contributed by atoms with Crippen molar-refractivity contribution in [2.45, 2.75) is 26.1 Å². The number of nitrogens with one attached hydrogen (secondary N) is 1. The number of ether oxygens (including phenoxy) is 3. The molecule has 138 valence electrons. The first-order valence-corrected chi connectivity index (χ1v) is 8.56. The Morgan fingerprint density at radius 1 is 1.15 bits per heavy atom. The highest BCUT2D eigenvalue weighted by Crippen LogP contribution is 2.32. The molecule has 0 aliphatic carbocycles. The van der Waals surface area contributed by atoms with E-state index in [4.69, 9.17) is 14.2 Å². The van der Waals surface area contributed by atoms with Gasteiger partial charge in [0.05, 0.1) is 13.2 Å². The zero-order chi connectivity index (χ0) is 18.5. The predicted molar refractivity (Wildman–Crippen MR) is 98.3 cm³/mol. The molecule has 0 spiro atoms. The van der Waals surface area contributed by atoms with Crippen LogP contribution in [0.2, 0.25) is 0 Å². The van der Waals surface area contributed by atoms with E-state index in [-0.39, 0.29) is 18.7 Å². The number of methoxy groups -OCH3 is 1. The monoisotopic (exact) mass is 356 g/mol. The van der Waals surface area contributed by atoms with E-state index >= 15 is 0 Å². The molecule has 2 aromatic rings. The third kappa shape index (κ3) is 4.26. The SMILES string of the molecule is COc1ccc(CN(C)[C@H](C)C(=O)NCc2ccc3c(c2)OCO3)cc1. The lowest BCUT2D eigenvalue weighted by Gasteiger charge is -2.24. The summed E-state index contributed by atoms with van der Waals surface area (Å²) in [6.07, 6.45) is 0. The number of amides is 1. The van der Waals surface area contributed by atoms with Gasteiger partial charge in [-0.15, -0.1) is 0 Å². The lowest BCUT2D eigenvalue weighted by atomic mass is 10.1. The van der Waals surface area contributed by atoms with Crippen molar-refractivity contribution in [3.05, 3.63) is 53.6 Å². The Kier molecular flexibility index (Phi) is 5.63. The fraction of sp³-hybridized carbons (Fsp3) is 0.350. The second-order valence-corrected chi connectivity index (χ2v) is 6.34. The minimum Gasteiger partial charge on any atom is -0.497 e. The molecule has 0 bridgehead atoms. The van der Waals surface area contributed by atoms with E-state index in [0.29, 0.717) is 13.1 Å². The highest BCUT2D eigenvalue weighted by Gasteiger charge is 2.19. The standard InChI is InChI=1S/C20H24N2O4/c1-14(22(2)12-15-4-7-17(24-3)8-5-15)20(23)21-11-16-6-9-18-19(10-16)26-13-25-18/h4-10,14H,11-13H2,1-3H3,(H,21,23)/t14-/m1/s1. The Hall–Kier alpha value is -2.73. The summed E-state index contributed by atoms with van der Waals surface area (Å²) < 4.78 is 15.8. The van der Waals surface area contributed by atoms with Crippen LogP contribution in [0, 0.1) is 0 Å². The van der Waals surface area contributed by atoms with Crippen molar-refractivity contribution in [1.82, 2.24) is 10.2 Å². The molecule has 1 amide bonds. The summed E-state index contributed by atoms with van der Waals surface area (Å²) in [5, 5.41) is 2.98. The normalized spacial score (nSPS) is 13.5. The number of carbonyl (C=O) groups excluding carboxylic acids is 1. The molecule has 0 saturated heterocycles. The molecule has 1 aliphatic rings. The van der Waals surface area contributed by atoms with E-state index in [1.165, 1.54) is 0 Å². The Balaban J connectivity index is 1.51. The summed E-state index contributed by atoms with van der Waals surface area (Å²) in [5.41, 5.74) is 2.11. The molecule has 1 aliphatic heterocycles. The molecule has 0 saturated carbocycles. The average molecular weight is 356 g/mol. The molecular weight excluding hydrogens is 332 g/mol. The molecule has 26 heavy (non-hydrogen) atoms. The lowest BCUT2D eigenvalue weighted by molar-refractivity contribution is -0.125. The van der Waals surface area contributed by atoms with Gasteiger partial charge in [-0.2, -0.15) is 0 Å². The molecule has 0 unspecified atom stereocenters. The van der Waals surface area contributed by atoms with Crippen LogP contribution in [-0.2, 0) is 17.9 Å². The summed E-state index contributed by atoms with van der Waals surface area (Å²) in [5.74, 6) is 2.28. The number of fused-ring (bicyclic) bond motifs is 1. The first-order chi connectivity index (χ1) is 12.6. The first kappa shape index (κ1) is 18.1. The van der Waals surface area contributed by atoms with Crippen molar-refractivity contribution in [1.29, 1.82) is 0 Å². The second kappa shape index (κ2) is 8.10. The van der Waals surface area contributed by atoms with Gasteiger partial charge in [-0.25, -0.2) is 0 Å². The number of nitrogens with zero attached hydrogens (tertiary/aromatic N) is 1. The molecule has 1 heterocycles. The summed E-state index contributed by atoms with van der Waals surface area (Å²) in [7, 11) is 3.59. The fourth-order valence-corrected chi connectivity index (χ4v) is 2.74. The average Bonchev–Trinajstić information content (AvgIpc) is 3.13. The largest absolute Gasteiger partial charge is 0.497 e. The zero-order valence-corrected chi connectivity index (χ0v) is 15.3. The molecule has 6 nitrogen and oxygen atoms in total. The third-order valence-corrected chi connectivity index (χ3v) is 4.54. The second-order valence-electron chi connectivity index (χ2n) is 6.34. The lowest BCUT2D eigenvalue weighted by Crippen LogP contribution is -2.42. The molecule has 1 N–H and O–H groups in total. The number of carbonyl (C=O) groups is 1. The predicted octanol–water partition coefficient (Wildman–Crippen LogP) is 2.56. The molecule has 2 aromatic carbocycles. The number of hydrogen-bond donors (Lipinski definition) is 1. The van der Waals surface area contributed by atoms with E-state index in [0.717, 1.165) is 28.4 Å². The van der Waals surface area contributed by atoms with E-state index in [1.807, 2.05) is 61.3 Å². The quantitative estimate of drug-likeness (QED) is 0.826. The van der Waals surface area contributed by atoms with Crippen molar-refractivity contribution in [3.8, 4) is 17.2 Å². The Bertz CT molecular complexity index is 761. The molecule has 0 aromatic heterocycles. The van der Waals surface area contributed by atoms with Gasteiger partial charge in [0.15, 0.2) is 11.5 Å². The molecule has 0 radical (unpaired) electrons. The van der Waals surface area contributed by atoms with Gasteiger partial charge in [0.1, 0.15) is 5.75 Å². The smallest absolute Gasteiger partial charge is 0.237 e. The highest BCUT2D eigenvalue weighted by atomic mass is 16.7. The molecule has 1 atom stereocenters. The van der Waals surface area contributed by atoms with Crippen LogP contribution in [-0.4, -0.2) is 37.8 Å². The van der Waals surface area contributed by atoms with Gasteiger partial charge < -0.3 is 19.5 Å². The van der Waals surface area contributed by atoms with E-state index in [9.17, 15) is 4.79 Å². The Morgan fingerprint density at radius 3 is 2.58 bits per heavy atom. The Morgan fingerprint density at radius 2 is 1.85 bits per heavy atom. The van der Waals surface area contributed by atoms with Crippen LogP contribution in [0.5, 0.6) is 17.2 Å². The molecular formula is C20H24N2O4. The van der Waals surface area contributed by atoms with Crippen molar-refractivity contribution in [3.63, 3.8) is 0 Å². The van der Waals surface area contributed by atoms with Crippen LogP contribution < -0.4 is 19.5 Å². The summed E-state index contributed by atoms with van der Waals surface area (Å²) in [6.45, 7) is 3.29. The summed E-state index contributed by atoms with van der Waals surface area (Å²) in [4.78, 5) is 14.5. The van der Waals surface area contributed by atoms with E-state index in [1.54, 1.807) is 7.11 Å². The van der Waals surface area contributed by atoms with Gasteiger partial charge in [0.2, 0.25) is 12.7 Å². The summed E-state index contributed by atoms with van der Waals surface area (Å²) >= 11 is 0. The fourth-order valence-electron chi connectivity index (χ4n) is 2.74. The van der Waals surface area contributed by atoms with Crippen LogP contribution in [0.1, 0.15) is 18.1 Å². The third-order valence-electron chi connectivity index (χ3n) is 4.54. The minimum absolute atomic E-state index is 0.0151. The van der Waals surface area contributed by atoms with Crippen LogP contribution in [0.3, 0.4) is 0 Å². The van der Waals surface area contributed by atoms with Gasteiger partial charge in [-0.05, 0) is 49.4 Å². The minimum atomic E-state index is -0.244. The summed E-state index contributed by atoms with van der Waals surface area (Å²) in [6, 6.07) is 13.3. The van der Waals surface area contributed by atoms with Crippen LogP contribution in [0.25, 0.3) is 0 Å². The number of benzene rings is 2.